The molecule has 0 aromatic heterocycles. The van der Waals surface area contributed by atoms with Crippen molar-refractivity contribution in [3.8, 4) is 5.75 Å². The molecule has 0 radical (unpaired) electrons. The Morgan fingerprint density at radius 2 is 1.70 bits per heavy atom. The molecule has 1 atom stereocenters. The monoisotopic (exact) mass is 271 g/mol. The fraction of sp³-hybridized carbons (Fsp3) is 0.294. The lowest BCUT2D eigenvalue weighted by molar-refractivity contribution is -0.0135. The molecular weight excluding hydrogens is 250 g/mol. The van der Waals surface area contributed by atoms with Gasteiger partial charge in [-0.3, -0.25) is 4.84 Å². The molecule has 106 valence electrons. The minimum Gasteiger partial charge on any atom is -0.508 e. The average molecular weight is 271 g/mol. The minimum atomic E-state index is 0.136. The van der Waals surface area contributed by atoms with Crippen molar-refractivity contribution in [3.63, 3.8) is 0 Å². The van der Waals surface area contributed by atoms with Crippen LogP contribution >= 0.6 is 0 Å². The molecule has 2 rings (SSSR count). The highest BCUT2D eigenvalue weighted by atomic mass is 16.7. The summed E-state index contributed by atoms with van der Waals surface area (Å²) in [6.07, 6.45) is 1.91. The number of benzene rings is 2. The van der Waals surface area contributed by atoms with E-state index in [9.17, 15) is 5.11 Å². The molecule has 0 heterocycles. The number of aromatic hydroxyl groups is 1. The van der Waals surface area contributed by atoms with Gasteiger partial charge in [0.15, 0.2) is 0 Å². The number of hydrogen-bond donors (Lipinski definition) is 2. The van der Waals surface area contributed by atoms with Gasteiger partial charge in [-0.1, -0.05) is 42.5 Å². The Kier molecular flexibility index (Phi) is 5.59. The summed E-state index contributed by atoms with van der Waals surface area (Å²) in [6.45, 7) is 2.81. The zero-order valence-corrected chi connectivity index (χ0v) is 11.8. The Morgan fingerprint density at radius 1 is 1.00 bits per heavy atom. The predicted molar refractivity (Wildman–Crippen MR) is 80.5 cm³/mol. The Balaban J connectivity index is 1.64. The molecular formula is C17H21NO2. The molecule has 0 saturated carbocycles. The highest BCUT2D eigenvalue weighted by Crippen LogP contribution is 2.09. The fourth-order valence-electron chi connectivity index (χ4n) is 2.05. The van der Waals surface area contributed by atoms with Crippen molar-refractivity contribution in [3.05, 3.63) is 65.7 Å². The van der Waals surface area contributed by atoms with Crippen molar-refractivity contribution in [2.45, 2.75) is 25.9 Å². The molecule has 0 aliphatic carbocycles. The maximum Gasteiger partial charge on any atom is 0.115 e. The smallest absolute Gasteiger partial charge is 0.115 e. The molecule has 2 N–H and O–H groups in total. The van der Waals surface area contributed by atoms with E-state index in [1.165, 1.54) is 11.1 Å². The Morgan fingerprint density at radius 3 is 2.40 bits per heavy atom. The van der Waals surface area contributed by atoms with E-state index in [0.717, 1.165) is 19.4 Å². The quantitative estimate of drug-likeness (QED) is 0.600. The molecule has 3 heteroatoms. The summed E-state index contributed by atoms with van der Waals surface area (Å²) in [5.74, 6) is 0.300. The molecule has 0 saturated heterocycles. The van der Waals surface area contributed by atoms with Crippen molar-refractivity contribution in [2.75, 3.05) is 6.54 Å². The SMILES string of the molecule is CC(Cc1ccccc1)ONCCc1ccc(O)cc1. The van der Waals surface area contributed by atoms with Crippen LogP contribution in [-0.4, -0.2) is 17.8 Å². The van der Waals surface area contributed by atoms with Crippen molar-refractivity contribution in [1.82, 2.24) is 5.48 Å². The lowest BCUT2D eigenvalue weighted by atomic mass is 10.1. The van der Waals surface area contributed by atoms with Crippen LogP contribution in [-0.2, 0) is 17.7 Å². The fourth-order valence-corrected chi connectivity index (χ4v) is 2.05. The van der Waals surface area contributed by atoms with Crippen LogP contribution < -0.4 is 5.48 Å². The number of nitrogens with one attached hydrogen (secondary N) is 1. The van der Waals surface area contributed by atoms with Crippen LogP contribution in [0.4, 0.5) is 0 Å². The molecule has 1 unspecified atom stereocenters. The van der Waals surface area contributed by atoms with E-state index >= 15 is 0 Å². The second kappa shape index (κ2) is 7.68. The maximum absolute atomic E-state index is 9.20. The van der Waals surface area contributed by atoms with Crippen LogP contribution in [0, 0.1) is 0 Å². The van der Waals surface area contributed by atoms with Crippen molar-refractivity contribution in [2.24, 2.45) is 0 Å². The summed E-state index contributed by atoms with van der Waals surface area (Å²) < 4.78 is 0. The largest absolute Gasteiger partial charge is 0.508 e. The van der Waals surface area contributed by atoms with E-state index < -0.39 is 0 Å². The van der Waals surface area contributed by atoms with Crippen molar-refractivity contribution >= 4 is 0 Å². The summed E-state index contributed by atoms with van der Waals surface area (Å²) >= 11 is 0. The van der Waals surface area contributed by atoms with Gasteiger partial charge in [0.25, 0.3) is 0 Å². The Bertz CT molecular complexity index is 496. The lowest BCUT2D eigenvalue weighted by Gasteiger charge is -2.13. The molecule has 2 aromatic carbocycles. The Labute approximate surface area is 120 Å². The van der Waals surface area contributed by atoms with Crippen molar-refractivity contribution in [1.29, 1.82) is 0 Å². The van der Waals surface area contributed by atoms with Crippen LogP contribution in [0.5, 0.6) is 5.75 Å². The van der Waals surface area contributed by atoms with Crippen LogP contribution in [0.25, 0.3) is 0 Å². The predicted octanol–water partition coefficient (Wildman–Crippen LogP) is 3.09. The van der Waals surface area contributed by atoms with Gasteiger partial charge in [0.05, 0.1) is 6.10 Å². The van der Waals surface area contributed by atoms with Gasteiger partial charge in [-0.25, -0.2) is 5.48 Å². The standard InChI is InChI=1S/C17H21NO2/c1-14(13-16-5-3-2-4-6-16)20-18-12-11-15-7-9-17(19)10-8-15/h2-10,14,18-19H,11-13H2,1H3. The van der Waals surface area contributed by atoms with E-state index in [0.29, 0.717) is 5.75 Å². The highest BCUT2D eigenvalue weighted by Gasteiger charge is 2.03. The van der Waals surface area contributed by atoms with E-state index in [1.807, 2.05) is 30.3 Å². The van der Waals surface area contributed by atoms with E-state index in [2.05, 4.69) is 24.5 Å². The van der Waals surface area contributed by atoms with Gasteiger partial charge in [0.1, 0.15) is 5.75 Å². The topological polar surface area (TPSA) is 41.5 Å². The molecule has 0 fully saturated rings. The van der Waals surface area contributed by atoms with Crippen LogP contribution in [0.1, 0.15) is 18.1 Å². The molecule has 0 aliphatic heterocycles. The number of rotatable bonds is 7. The third-order valence-electron chi connectivity index (χ3n) is 3.10. The van der Waals surface area contributed by atoms with Crippen LogP contribution in [0.2, 0.25) is 0 Å². The normalized spacial score (nSPS) is 12.2. The van der Waals surface area contributed by atoms with E-state index in [1.54, 1.807) is 12.1 Å². The van der Waals surface area contributed by atoms with Gasteiger partial charge >= 0.3 is 0 Å². The first-order chi connectivity index (χ1) is 9.74. The number of hydrogen-bond acceptors (Lipinski definition) is 3. The van der Waals surface area contributed by atoms with Crippen LogP contribution in [0.15, 0.2) is 54.6 Å². The molecule has 0 amide bonds. The zero-order valence-electron chi connectivity index (χ0n) is 11.8. The minimum absolute atomic E-state index is 0.136. The van der Waals surface area contributed by atoms with Gasteiger partial charge in [0.2, 0.25) is 0 Å². The second-order valence-electron chi connectivity index (χ2n) is 4.93. The molecule has 0 aliphatic rings. The van der Waals surface area contributed by atoms with Gasteiger partial charge < -0.3 is 5.11 Å². The molecule has 2 aromatic rings. The number of hydroxylamine groups is 1. The van der Waals surface area contributed by atoms with E-state index in [-0.39, 0.29) is 6.10 Å². The number of phenols is 1. The van der Waals surface area contributed by atoms with Crippen molar-refractivity contribution < 1.29 is 9.94 Å². The first-order valence-electron chi connectivity index (χ1n) is 6.94. The maximum atomic E-state index is 9.20. The summed E-state index contributed by atoms with van der Waals surface area (Å²) in [4.78, 5) is 5.59. The van der Waals surface area contributed by atoms with Gasteiger partial charge in [-0.2, -0.15) is 0 Å². The zero-order chi connectivity index (χ0) is 14.2. The summed E-state index contributed by atoms with van der Waals surface area (Å²) in [5, 5.41) is 9.20. The lowest BCUT2D eigenvalue weighted by Crippen LogP contribution is -2.25. The summed E-state index contributed by atoms with van der Waals surface area (Å²) in [6, 6.07) is 17.6. The third kappa shape index (κ3) is 5.03. The van der Waals surface area contributed by atoms with Gasteiger partial charge in [0, 0.05) is 13.0 Å². The molecule has 3 nitrogen and oxygen atoms in total. The van der Waals surface area contributed by atoms with Crippen LogP contribution in [0.3, 0.4) is 0 Å². The summed E-state index contributed by atoms with van der Waals surface area (Å²) in [5.41, 5.74) is 5.46. The second-order valence-corrected chi connectivity index (χ2v) is 4.93. The third-order valence-corrected chi connectivity index (χ3v) is 3.10. The average Bonchev–Trinajstić information content (AvgIpc) is 2.46. The Hall–Kier alpha value is -1.84. The first-order valence-corrected chi connectivity index (χ1v) is 6.94. The summed E-state index contributed by atoms with van der Waals surface area (Å²) in [7, 11) is 0. The van der Waals surface area contributed by atoms with E-state index in [4.69, 9.17) is 4.84 Å². The first kappa shape index (κ1) is 14.6. The van der Waals surface area contributed by atoms with Gasteiger partial charge in [-0.05, 0) is 36.6 Å². The molecule has 20 heavy (non-hydrogen) atoms. The van der Waals surface area contributed by atoms with Gasteiger partial charge in [-0.15, -0.1) is 0 Å². The highest BCUT2D eigenvalue weighted by molar-refractivity contribution is 5.25. The number of phenolic OH excluding ortho intramolecular Hbond substituents is 1. The molecule has 0 spiro atoms. The molecule has 0 bridgehead atoms.